The summed E-state index contributed by atoms with van der Waals surface area (Å²) in [6.07, 6.45) is 0.283. The van der Waals surface area contributed by atoms with Crippen LogP contribution in [0.4, 0.5) is 0 Å². The van der Waals surface area contributed by atoms with Gasteiger partial charge in [-0.1, -0.05) is 41.9 Å². The average Bonchev–Trinajstić information content (AvgIpc) is 2.75. The minimum Gasteiger partial charge on any atom is -0.861 e. The van der Waals surface area contributed by atoms with Gasteiger partial charge in [0.15, 0.2) is 6.04 Å². The molecule has 31 heavy (non-hydrogen) atoms. The molecular formula is C19H22ClN4O7-. The molecule has 2 rings (SSSR count). The smallest absolute Gasteiger partial charge is 0.353 e. The first-order valence-electron chi connectivity index (χ1n) is 9.20. The van der Waals surface area contributed by atoms with E-state index in [0.717, 1.165) is 0 Å². The van der Waals surface area contributed by atoms with Gasteiger partial charge in [0.2, 0.25) is 0 Å². The van der Waals surface area contributed by atoms with E-state index in [0.29, 0.717) is 5.56 Å². The highest BCUT2D eigenvalue weighted by molar-refractivity contribution is 6.31. The number of ether oxygens (including phenoxy) is 1. The normalized spacial score (nSPS) is 19.7. The zero-order valence-corrected chi connectivity index (χ0v) is 17.0. The lowest BCUT2D eigenvalue weighted by atomic mass is 9.98. The summed E-state index contributed by atoms with van der Waals surface area (Å²) < 4.78 is 4.92. The molecule has 1 aliphatic heterocycles. The molecular weight excluding hydrogens is 432 g/mol. The highest BCUT2D eigenvalue weighted by atomic mass is 35.5. The molecule has 1 aliphatic rings. The van der Waals surface area contributed by atoms with Gasteiger partial charge in [-0.3, -0.25) is 9.79 Å². The van der Waals surface area contributed by atoms with Gasteiger partial charge in [0, 0.05) is 5.03 Å². The van der Waals surface area contributed by atoms with E-state index in [1.165, 1.54) is 0 Å². The van der Waals surface area contributed by atoms with Crippen molar-refractivity contribution in [3.63, 3.8) is 0 Å². The molecule has 11 nitrogen and oxygen atoms in total. The van der Waals surface area contributed by atoms with Crippen molar-refractivity contribution in [3.8, 4) is 0 Å². The Hall–Kier alpha value is -3.15. The molecule has 4 atom stereocenters. The monoisotopic (exact) mass is 453 g/mol. The van der Waals surface area contributed by atoms with Crippen LogP contribution < -0.4 is 21.9 Å². The third-order valence-electron chi connectivity index (χ3n) is 4.53. The summed E-state index contributed by atoms with van der Waals surface area (Å²) in [5, 5.41) is 33.4. The van der Waals surface area contributed by atoms with Crippen LogP contribution >= 0.6 is 11.6 Å². The molecule has 0 aromatic heterocycles. The van der Waals surface area contributed by atoms with Crippen LogP contribution in [0.5, 0.6) is 0 Å². The second kappa shape index (κ2) is 10.8. The lowest BCUT2D eigenvalue weighted by Crippen LogP contribution is -2.49. The molecule has 168 valence electrons. The fourth-order valence-electron chi connectivity index (χ4n) is 2.81. The topological polar surface area (TPSA) is 200 Å². The number of carboxylic acid groups (broad SMARTS) is 2. The Morgan fingerprint density at radius 2 is 1.90 bits per heavy atom. The van der Waals surface area contributed by atoms with Gasteiger partial charge in [0.05, 0.1) is 12.1 Å². The number of nitrogens with zero attached hydrogens (tertiary/aromatic N) is 1. The van der Waals surface area contributed by atoms with Gasteiger partial charge >= 0.3 is 17.9 Å². The number of benzene rings is 1. The lowest BCUT2D eigenvalue weighted by Gasteiger charge is -2.31. The van der Waals surface area contributed by atoms with Crippen LogP contribution in [0.15, 0.2) is 46.1 Å². The summed E-state index contributed by atoms with van der Waals surface area (Å²) in [5.41, 5.74) is 11.4. The van der Waals surface area contributed by atoms with Crippen LogP contribution in [-0.2, 0) is 19.1 Å². The minimum absolute atomic E-state index is 0.0519. The van der Waals surface area contributed by atoms with Crippen molar-refractivity contribution in [1.29, 1.82) is 0 Å². The number of nitrogens with one attached hydrogen (secondary N) is 1. The highest BCUT2D eigenvalue weighted by Gasteiger charge is 2.35. The van der Waals surface area contributed by atoms with Gasteiger partial charge in [-0.25, -0.2) is 9.59 Å². The van der Waals surface area contributed by atoms with Crippen molar-refractivity contribution in [2.24, 2.45) is 16.5 Å². The Morgan fingerprint density at radius 3 is 2.48 bits per heavy atom. The molecule has 1 heterocycles. The molecule has 1 aromatic carbocycles. The van der Waals surface area contributed by atoms with Crippen molar-refractivity contribution in [3.05, 3.63) is 46.6 Å². The molecule has 0 bridgehead atoms. The van der Waals surface area contributed by atoms with Gasteiger partial charge in [-0.2, -0.15) is 0 Å². The van der Waals surface area contributed by atoms with Crippen molar-refractivity contribution >= 4 is 35.4 Å². The Labute approximate surface area is 182 Å². The second-order valence-electron chi connectivity index (χ2n) is 6.75. The number of allylic oxidation sites excluding steroid dienone is 1. The van der Waals surface area contributed by atoms with Crippen LogP contribution in [0.25, 0.3) is 0 Å². The minimum atomic E-state index is -1.50. The predicted octanol–water partition coefficient (Wildman–Crippen LogP) is -0.944. The Bertz CT molecular complexity index is 891. The van der Waals surface area contributed by atoms with E-state index in [-0.39, 0.29) is 23.6 Å². The van der Waals surface area contributed by atoms with E-state index in [1.807, 2.05) is 0 Å². The maximum Gasteiger partial charge on any atom is 0.353 e. The quantitative estimate of drug-likeness (QED) is 0.176. The van der Waals surface area contributed by atoms with E-state index in [2.05, 4.69) is 10.3 Å². The number of carbonyl (C=O) groups excluding carboxylic acids is 1. The molecule has 0 saturated heterocycles. The summed E-state index contributed by atoms with van der Waals surface area (Å²) in [6.45, 7) is -0.659. The number of rotatable bonds is 9. The van der Waals surface area contributed by atoms with E-state index >= 15 is 0 Å². The molecule has 0 radical (unpaired) electrons. The number of halogens is 1. The Kier molecular flexibility index (Phi) is 8.37. The largest absolute Gasteiger partial charge is 0.861 e. The number of hydrogen-bond donors (Lipinski definition) is 5. The molecule has 0 fully saturated rings. The predicted molar refractivity (Wildman–Crippen MR) is 108 cm³/mol. The summed E-state index contributed by atoms with van der Waals surface area (Å²) in [4.78, 5) is 38.7. The summed E-state index contributed by atoms with van der Waals surface area (Å²) in [6, 6.07) is 3.22. The lowest BCUT2D eigenvalue weighted by molar-refractivity contribution is -0.221. The second-order valence-corrected chi connectivity index (χ2v) is 7.21. The average molecular weight is 454 g/mol. The number of aliphatic imine (C=N–C) groups is 1. The fourth-order valence-corrected chi connectivity index (χ4v) is 3.06. The van der Waals surface area contributed by atoms with E-state index in [1.54, 1.807) is 30.3 Å². The Morgan fingerprint density at radius 1 is 1.26 bits per heavy atom. The van der Waals surface area contributed by atoms with Crippen LogP contribution in [-0.4, -0.2) is 58.8 Å². The third-order valence-corrected chi connectivity index (χ3v) is 4.90. The number of nitrogens with two attached hydrogens (primary N) is 2. The number of aliphatic carboxylic acids is 2. The number of hydrogen-bond acceptors (Lipinski definition) is 9. The van der Waals surface area contributed by atoms with Crippen LogP contribution in [0.1, 0.15) is 24.4 Å². The summed E-state index contributed by atoms with van der Waals surface area (Å²) in [7, 11) is 0. The van der Waals surface area contributed by atoms with E-state index in [4.69, 9.17) is 32.9 Å². The first kappa shape index (κ1) is 24.1. The van der Waals surface area contributed by atoms with Crippen molar-refractivity contribution < 1.29 is 34.4 Å². The zero-order chi connectivity index (χ0) is 23.1. The first-order valence-corrected chi connectivity index (χ1v) is 9.58. The fraction of sp³-hybridized carbons (Fsp3) is 0.368. The molecule has 12 heteroatoms. The standard InChI is InChI=1S/C19H23ClN4O7/c20-10-6-7-12(23-14(10)18(28)29)15(19(30)31-8-11(21)17(26)27)24-16(25)13(22)9-4-2-1-3-5-9/h1-5,11-13,15,23H,6-8,21-22H2,(H,24,25)(H,26,27)(H,28,29)/p-1/t11-,12+,13?,15-/m0/s1. The molecule has 0 amide bonds. The number of esters is 1. The van der Waals surface area contributed by atoms with Crippen molar-refractivity contribution in [1.82, 2.24) is 5.32 Å². The molecule has 0 aliphatic carbocycles. The van der Waals surface area contributed by atoms with E-state index in [9.17, 15) is 24.6 Å². The summed E-state index contributed by atoms with van der Waals surface area (Å²) in [5.74, 6) is -4.62. The van der Waals surface area contributed by atoms with Gasteiger partial charge in [0.25, 0.3) is 0 Å². The maximum absolute atomic E-state index is 12.6. The first-order chi connectivity index (χ1) is 14.6. The van der Waals surface area contributed by atoms with Crippen LogP contribution in [0.2, 0.25) is 0 Å². The SMILES string of the molecule is NC(C([O-])=N[C@H](C(=O)OC[C@H](N)C(=O)O)[C@H]1CCC(Cl)=C(C(=O)O)N1)c1ccccc1. The van der Waals surface area contributed by atoms with Crippen LogP contribution in [0.3, 0.4) is 0 Å². The van der Waals surface area contributed by atoms with E-state index < -0.39 is 54.6 Å². The third kappa shape index (κ3) is 6.41. The van der Waals surface area contributed by atoms with Gasteiger partial charge in [0.1, 0.15) is 18.3 Å². The molecule has 7 N–H and O–H groups in total. The number of carbonyl (C=O) groups is 3. The maximum atomic E-state index is 12.6. The van der Waals surface area contributed by atoms with Crippen LogP contribution in [0, 0.1) is 0 Å². The molecule has 1 aromatic rings. The summed E-state index contributed by atoms with van der Waals surface area (Å²) >= 11 is 5.92. The molecule has 1 unspecified atom stereocenters. The van der Waals surface area contributed by atoms with Crippen molar-refractivity contribution in [2.45, 2.75) is 37.0 Å². The molecule has 0 saturated carbocycles. The number of carboxylic acids is 2. The molecule has 0 spiro atoms. The van der Waals surface area contributed by atoms with Crippen molar-refractivity contribution in [2.75, 3.05) is 6.61 Å². The highest BCUT2D eigenvalue weighted by Crippen LogP contribution is 2.25. The van der Waals surface area contributed by atoms with Gasteiger partial charge < -0.3 is 36.8 Å². The zero-order valence-electron chi connectivity index (χ0n) is 16.2. The van der Waals surface area contributed by atoms with Gasteiger partial charge in [-0.05, 0) is 24.3 Å². The Balaban J connectivity index is 2.30. The van der Waals surface area contributed by atoms with Gasteiger partial charge in [-0.15, -0.1) is 0 Å².